The first-order valence-electron chi connectivity index (χ1n) is 8.43. The second kappa shape index (κ2) is 9.08. The maximum atomic E-state index is 12.7. The molecule has 0 aliphatic heterocycles. The smallest absolute Gasteiger partial charge is 0.242 e. The topological polar surface area (TPSA) is 58.4 Å². The monoisotopic (exact) mass is 325 g/mol. The molecule has 0 atom stereocenters. The zero-order valence-corrected chi connectivity index (χ0v) is 14.6. The van der Waals surface area contributed by atoms with Gasteiger partial charge in [-0.25, -0.2) is 0 Å². The highest BCUT2D eigenvalue weighted by molar-refractivity contribution is 5.81. The van der Waals surface area contributed by atoms with Crippen LogP contribution in [0.1, 0.15) is 23.1 Å². The van der Waals surface area contributed by atoms with Crippen molar-refractivity contribution in [2.75, 3.05) is 25.0 Å². The normalized spacial score (nSPS) is 10.5. The van der Waals surface area contributed by atoms with Crippen LogP contribution in [0.3, 0.4) is 0 Å². The molecular formula is C20H27N3O. The molecule has 2 rings (SSSR count). The number of benzene rings is 2. The minimum absolute atomic E-state index is 0.0926. The van der Waals surface area contributed by atoms with Crippen LogP contribution in [-0.2, 0) is 11.3 Å². The Hall–Kier alpha value is -2.33. The zero-order chi connectivity index (χ0) is 17.4. The summed E-state index contributed by atoms with van der Waals surface area (Å²) in [5.41, 5.74) is 10.1. The number of amides is 1. The zero-order valence-electron chi connectivity index (χ0n) is 14.6. The van der Waals surface area contributed by atoms with Gasteiger partial charge in [0.2, 0.25) is 5.91 Å². The average Bonchev–Trinajstić information content (AvgIpc) is 2.59. The fourth-order valence-electron chi connectivity index (χ4n) is 2.75. The minimum atomic E-state index is 0.0926. The fourth-order valence-corrected chi connectivity index (χ4v) is 2.75. The van der Waals surface area contributed by atoms with Gasteiger partial charge in [-0.1, -0.05) is 48.5 Å². The number of nitrogens with zero attached hydrogens (tertiary/aromatic N) is 1. The molecule has 0 saturated heterocycles. The molecule has 0 radical (unpaired) electrons. The highest BCUT2D eigenvalue weighted by Gasteiger charge is 2.14. The summed E-state index contributed by atoms with van der Waals surface area (Å²) in [5, 5.41) is 3.30. The average molecular weight is 325 g/mol. The van der Waals surface area contributed by atoms with E-state index in [9.17, 15) is 4.79 Å². The standard InChI is InChI=1S/C20H27N3O/c1-16-8-6-9-17(2)20(16)22-14-19(24)23(13-7-12-21)15-18-10-4-3-5-11-18/h3-6,8-11,22H,7,12-15,21H2,1-2H3. The van der Waals surface area contributed by atoms with Crippen molar-refractivity contribution in [2.24, 2.45) is 5.73 Å². The number of nitrogens with one attached hydrogen (secondary N) is 1. The van der Waals surface area contributed by atoms with Crippen molar-refractivity contribution in [1.82, 2.24) is 4.90 Å². The van der Waals surface area contributed by atoms with Crippen molar-refractivity contribution in [3.8, 4) is 0 Å². The lowest BCUT2D eigenvalue weighted by atomic mass is 10.1. The van der Waals surface area contributed by atoms with Crippen LogP contribution in [0.2, 0.25) is 0 Å². The third-order valence-corrected chi connectivity index (χ3v) is 4.10. The molecule has 2 aromatic carbocycles. The summed E-state index contributed by atoms with van der Waals surface area (Å²) in [7, 11) is 0. The summed E-state index contributed by atoms with van der Waals surface area (Å²) in [6.45, 7) is 6.28. The van der Waals surface area contributed by atoms with E-state index in [1.165, 1.54) is 0 Å². The molecule has 0 bridgehead atoms. The van der Waals surface area contributed by atoms with Gasteiger partial charge in [-0.3, -0.25) is 4.79 Å². The van der Waals surface area contributed by atoms with Crippen molar-refractivity contribution < 1.29 is 4.79 Å². The Kier molecular flexibility index (Phi) is 6.82. The van der Waals surface area contributed by atoms with E-state index in [-0.39, 0.29) is 5.91 Å². The highest BCUT2D eigenvalue weighted by Crippen LogP contribution is 2.19. The lowest BCUT2D eigenvalue weighted by molar-refractivity contribution is -0.129. The van der Waals surface area contributed by atoms with Crippen molar-refractivity contribution in [3.63, 3.8) is 0 Å². The Morgan fingerprint density at radius 2 is 1.71 bits per heavy atom. The molecule has 0 fully saturated rings. The quantitative estimate of drug-likeness (QED) is 0.784. The number of hydrogen-bond acceptors (Lipinski definition) is 3. The summed E-state index contributed by atoms with van der Waals surface area (Å²) in [6.07, 6.45) is 0.808. The van der Waals surface area contributed by atoms with E-state index in [1.54, 1.807) is 0 Å². The second-order valence-electron chi connectivity index (χ2n) is 6.06. The van der Waals surface area contributed by atoms with Gasteiger partial charge in [0, 0.05) is 18.8 Å². The Morgan fingerprint density at radius 1 is 1.04 bits per heavy atom. The number of carbonyl (C=O) groups excluding carboxylic acids is 1. The molecule has 0 aromatic heterocycles. The van der Waals surface area contributed by atoms with E-state index in [4.69, 9.17) is 5.73 Å². The number of hydrogen-bond donors (Lipinski definition) is 2. The molecule has 4 heteroatoms. The molecule has 128 valence electrons. The maximum Gasteiger partial charge on any atom is 0.242 e. The first kappa shape index (κ1) is 18.0. The highest BCUT2D eigenvalue weighted by atomic mass is 16.2. The Labute approximate surface area is 144 Å². The number of rotatable bonds is 8. The first-order valence-corrected chi connectivity index (χ1v) is 8.43. The molecule has 0 unspecified atom stereocenters. The molecule has 0 spiro atoms. The second-order valence-corrected chi connectivity index (χ2v) is 6.06. The molecular weight excluding hydrogens is 298 g/mol. The van der Waals surface area contributed by atoms with E-state index in [1.807, 2.05) is 41.3 Å². The molecule has 1 amide bonds. The van der Waals surface area contributed by atoms with E-state index in [0.29, 0.717) is 26.2 Å². The van der Waals surface area contributed by atoms with Gasteiger partial charge in [0.1, 0.15) is 0 Å². The van der Waals surface area contributed by atoms with Gasteiger partial charge in [-0.15, -0.1) is 0 Å². The summed E-state index contributed by atoms with van der Waals surface area (Å²) in [4.78, 5) is 14.5. The van der Waals surface area contributed by atoms with E-state index in [2.05, 4.69) is 31.3 Å². The predicted octanol–water partition coefficient (Wildman–Crippen LogP) is 3.09. The molecule has 0 aliphatic carbocycles. The van der Waals surface area contributed by atoms with Gasteiger partial charge in [-0.2, -0.15) is 0 Å². The van der Waals surface area contributed by atoms with Crippen LogP contribution < -0.4 is 11.1 Å². The number of anilines is 1. The van der Waals surface area contributed by atoms with Gasteiger partial charge in [-0.05, 0) is 43.5 Å². The summed E-state index contributed by atoms with van der Waals surface area (Å²) in [6, 6.07) is 16.2. The first-order chi connectivity index (χ1) is 11.6. The molecule has 3 N–H and O–H groups in total. The SMILES string of the molecule is Cc1cccc(C)c1NCC(=O)N(CCCN)Cc1ccccc1. The van der Waals surface area contributed by atoms with Crippen LogP contribution in [0.4, 0.5) is 5.69 Å². The van der Waals surface area contributed by atoms with Crippen molar-refractivity contribution in [2.45, 2.75) is 26.8 Å². The molecule has 0 heterocycles. The molecule has 0 aliphatic rings. The fraction of sp³-hybridized carbons (Fsp3) is 0.350. The van der Waals surface area contributed by atoms with Gasteiger partial charge >= 0.3 is 0 Å². The lowest BCUT2D eigenvalue weighted by Gasteiger charge is -2.24. The van der Waals surface area contributed by atoms with Crippen molar-refractivity contribution in [1.29, 1.82) is 0 Å². The van der Waals surface area contributed by atoms with E-state index in [0.717, 1.165) is 28.8 Å². The number of para-hydroxylation sites is 1. The van der Waals surface area contributed by atoms with Gasteiger partial charge in [0.05, 0.1) is 6.54 Å². The van der Waals surface area contributed by atoms with Crippen molar-refractivity contribution >= 4 is 11.6 Å². The third kappa shape index (κ3) is 5.10. The lowest BCUT2D eigenvalue weighted by Crippen LogP contribution is -2.36. The largest absolute Gasteiger partial charge is 0.376 e. The molecule has 2 aromatic rings. The van der Waals surface area contributed by atoms with Gasteiger partial charge < -0.3 is 16.0 Å². The number of nitrogens with two attached hydrogens (primary N) is 1. The van der Waals surface area contributed by atoms with Crippen LogP contribution in [0, 0.1) is 13.8 Å². The molecule has 4 nitrogen and oxygen atoms in total. The summed E-state index contributed by atoms with van der Waals surface area (Å²) in [5.74, 6) is 0.0926. The van der Waals surface area contributed by atoms with Crippen LogP contribution in [-0.4, -0.2) is 30.4 Å². The van der Waals surface area contributed by atoms with Gasteiger partial charge in [0.15, 0.2) is 0 Å². The predicted molar refractivity (Wildman–Crippen MR) is 99.9 cm³/mol. The Morgan fingerprint density at radius 3 is 2.33 bits per heavy atom. The van der Waals surface area contributed by atoms with Gasteiger partial charge in [0.25, 0.3) is 0 Å². The minimum Gasteiger partial charge on any atom is -0.376 e. The Balaban J connectivity index is 2.01. The van der Waals surface area contributed by atoms with E-state index < -0.39 is 0 Å². The molecule has 0 saturated carbocycles. The number of aryl methyl sites for hydroxylation is 2. The van der Waals surface area contributed by atoms with Crippen LogP contribution in [0.15, 0.2) is 48.5 Å². The van der Waals surface area contributed by atoms with Crippen molar-refractivity contribution in [3.05, 3.63) is 65.2 Å². The summed E-state index contributed by atoms with van der Waals surface area (Å²) < 4.78 is 0. The van der Waals surface area contributed by atoms with Crippen LogP contribution in [0.5, 0.6) is 0 Å². The van der Waals surface area contributed by atoms with Crippen LogP contribution in [0.25, 0.3) is 0 Å². The van der Waals surface area contributed by atoms with E-state index >= 15 is 0 Å². The molecule has 24 heavy (non-hydrogen) atoms. The summed E-state index contributed by atoms with van der Waals surface area (Å²) >= 11 is 0. The maximum absolute atomic E-state index is 12.7. The van der Waals surface area contributed by atoms with Crippen LogP contribution >= 0.6 is 0 Å². The third-order valence-electron chi connectivity index (χ3n) is 4.10. The Bertz CT molecular complexity index is 635. The number of carbonyl (C=O) groups is 1.